The minimum absolute atomic E-state index is 0.0282. The minimum atomic E-state index is -1.27. The Morgan fingerprint density at radius 2 is 1.86 bits per heavy atom. The lowest BCUT2D eigenvalue weighted by Crippen LogP contribution is -2.25. The van der Waals surface area contributed by atoms with Gasteiger partial charge in [0, 0.05) is 11.1 Å². The van der Waals surface area contributed by atoms with Gasteiger partial charge in [0.05, 0.1) is 12.0 Å². The molecule has 1 fully saturated rings. The highest BCUT2D eigenvalue weighted by molar-refractivity contribution is 5.77. The van der Waals surface area contributed by atoms with Gasteiger partial charge in [0.25, 0.3) is 0 Å². The van der Waals surface area contributed by atoms with Crippen molar-refractivity contribution in [2.75, 3.05) is 0 Å². The van der Waals surface area contributed by atoms with Gasteiger partial charge >= 0.3 is 5.97 Å². The summed E-state index contributed by atoms with van der Waals surface area (Å²) in [6, 6.07) is 6.34. The number of hydrogen-bond donors (Lipinski definition) is 1. The van der Waals surface area contributed by atoms with E-state index in [-0.39, 0.29) is 29.4 Å². The van der Waals surface area contributed by atoms with Crippen molar-refractivity contribution < 1.29 is 27.8 Å². The number of para-hydroxylation sites is 1. The first-order valence-electron chi connectivity index (χ1n) is 9.59. The molecule has 0 radical (unpaired) electrons. The van der Waals surface area contributed by atoms with Crippen molar-refractivity contribution in [3.8, 4) is 16.9 Å². The maximum atomic E-state index is 14.8. The number of carboxylic acid groups (broad SMARTS) is 1. The molecule has 0 aliphatic heterocycles. The van der Waals surface area contributed by atoms with Crippen molar-refractivity contribution in [2.24, 2.45) is 0 Å². The zero-order valence-electron chi connectivity index (χ0n) is 15.7. The second-order valence-corrected chi connectivity index (χ2v) is 7.17. The fourth-order valence-corrected chi connectivity index (χ4v) is 3.38. The molecule has 150 valence electrons. The van der Waals surface area contributed by atoms with Crippen LogP contribution in [0.2, 0.25) is 0 Å². The van der Waals surface area contributed by atoms with E-state index < -0.39 is 34.9 Å². The molecule has 28 heavy (non-hydrogen) atoms. The van der Waals surface area contributed by atoms with Crippen LogP contribution in [0.5, 0.6) is 5.75 Å². The summed E-state index contributed by atoms with van der Waals surface area (Å²) in [5.41, 5.74) is -0.0912. The molecule has 3 nitrogen and oxygen atoms in total. The van der Waals surface area contributed by atoms with Crippen molar-refractivity contribution in [3.63, 3.8) is 0 Å². The van der Waals surface area contributed by atoms with E-state index in [2.05, 4.69) is 0 Å². The molecule has 1 aliphatic carbocycles. The molecule has 0 amide bonds. The predicted octanol–water partition coefficient (Wildman–Crippen LogP) is 6.06. The SMILES string of the molecule is CCCCC(C(=O)O)c1c(F)cc(-c2cccc(F)c2OC2CCC2)cc1F. The van der Waals surface area contributed by atoms with E-state index in [0.29, 0.717) is 6.42 Å². The van der Waals surface area contributed by atoms with Crippen LogP contribution in [0.3, 0.4) is 0 Å². The molecule has 0 bridgehead atoms. The van der Waals surface area contributed by atoms with Gasteiger partial charge in [-0.2, -0.15) is 0 Å². The van der Waals surface area contributed by atoms with Gasteiger partial charge in [0.2, 0.25) is 0 Å². The van der Waals surface area contributed by atoms with E-state index in [1.54, 1.807) is 0 Å². The van der Waals surface area contributed by atoms with Gasteiger partial charge in [-0.05, 0) is 49.4 Å². The topological polar surface area (TPSA) is 46.5 Å². The van der Waals surface area contributed by atoms with E-state index in [1.165, 1.54) is 18.2 Å². The molecule has 3 rings (SSSR count). The summed E-state index contributed by atoms with van der Waals surface area (Å²) in [6.07, 6.45) is 3.93. The molecule has 1 unspecified atom stereocenters. The summed E-state index contributed by atoms with van der Waals surface area (Å²) in [5.74, 6) is -5.04. The summed E-state index contributed by atoms with van der Waals surface area (Å²) < 4.78 is 49.6. The fraction of sp³-hybridized carbons (Fsp3) is 0.409. The average molecular weight is 392 g/mol. The highest BCUT2D eigenvalue weighted by Crippen LogP contribution is 2.38. The molecular formula is C22H23F3O3. The van der Waals surface area contributed by atoms with E-state index in [1.807, 2.05) is 6.92 Å². The first-order valence-corrected chi connectivity index (χ1v) is 9.59. The second-order valence-electron chi connectivity index (χ2n) is 7.17. The Hall–Kier alpha value is -2.50. The lowest BCUT2D eigenvalue weighted by Gasteiger charge is -2.27. The van der Waals surface area contributed by atoms with Crippen LogP contribution in [0.25, 0.3) is 11.1 Å². The Balaban J connectivity index is 2.01. The van der Waals surface area contributed by atoms with Crippen LogP contribution < -0.4 is 4.74 Å². The van der Waals surface area contributed by atoms with Gasteiger partial charge in [-0.15, -0.1) is 0 Å². The van der Waals surface area contributed by atoms with Crippen LogP contribution >= 0.6 is 0 Å². The molecule has 1 saturated carbocycles. The van der Waals surface area contributed by atoms with Gasteiger partial charge in [0.1, 0.15) is 11.6 Å². The number of hydrogen-bond acceptors (Lipinski definition) is 2. The summed E-state index contributed by atoms with van der Waals surface area (Å²) in [6.45, 7) is 1.88. The Bertz CT molecular complexity index is 839. The summed E-state index contributed by atoms with van der Waals surface area (Å²) in [4.78, 5) is 11.5. The Kier molecular flexibility index (Phi) is 6.27. The number of carboxylic acids is 1. The smallest absolute Gasteiger partial charge is 0.311 e. The molecule has 0 aromatic heterocycles. The van der Waals surface area contributed by atoms with Crippen molar-refractivity contribution >= 4 is 5.97 Å². The quantitative estimate of drug-likeness (QED) is 0.594. The standard InChI is InChI=1S/C22H23F3O3/c1-2-3-8-16(22(26)27)20-18(24)11-13(12-19(20)25)15-9-5-10-17(23)21(15)28-14-6-4-7-14/h5,9-12,14,16H,2-4,6-8H2,1H3,(H,26,27). The fourth-order valence-electron chi connectivity index (χ4n) is 3.38. The minimum Gasteiger partial charge on any atom is -0.487 e. The van der Waals surface area contributed by atoms with Gasteiger partial charge in [0.15, 0.2) is 11.6 Å². The number of halogens is 3. The molecule has 0 spiro atoms. The molecule has 2 aromatic carbocycles. The molecule has 6 heteroatoms. The number of aliphatic carboxylic acids is 1. The van der Waals surface area contributed by atoms with E-state index in [0.717, 1.165) is 37.8 Å². The molecule has 0 saturated heterocycles. The zero-order valence-corrected chi connectivity index (χ0v) is 15.7. The third-order valence-corrected chi connectivity index (χ3v) is 5.19. The lowest BCUT2D eigenvalue weighted by molar-refractivity contribution is -0.139. The van der Waals surface area contributed by atoms with E-state index in [9.17, 15) is 23.1 Å². The predicted molar refractivity (Wildman–Crippen MR) is 99.9 cm³/mol. The van der Waals surface area contributed by atoms with Crippen LogP contribution in [-0.4, -0.2) is 17.2 Å². The number of benzene rings is 2. The number of rotatable bonds is 8. The molecule has 2 aromatic rings. The molecule has 0 heterocycles. The number of unbranched alkanes of at least 4 members (excludes halogenated alkanes) is 1. The molecule has 1 aliphatic rings. The summed E-state index contributed by atoms with van der Waals surface area (Å²) in [5, 5.41) is 9.40. The third-order valence-electron chi connectivity index (χ3n) is 5.19. The van der Waals surface area contributed by atoms with E-state index >= 15 is 0 Å². The van der Waals surface area contributed by atoms with E-state index in [4.69, 9.17) is 4.74 Å². The van der Waals surface area contributed by atoms with Crippen LogP contribution in [0.4, 0.5) is 13.2 Å². The molecule has 1 N–H and O–H groups in total. The van der Waals surface area contributed by atoms with Gasteiger partial charge in [-0.25, -0.2) is 13.2 Å². The normalized spacial score (nSPS) is 15.1. The average Bonchev–Trinajstić information content (AvgIpc) is 2.60. The first-order chi connectivity index (χ1) is 13.4. The third kappa shape index (κ3) is 4.16. The van der Waals surface area contributed by atoms with Crippen LogP contribution in [0.15, 0.2) is 30.3 Å². The summed E-state index contributed by atoms with van der Waals surface area (Å²) in [7, 11) is 0. The molecule has 1 atom stereocenters. The number of ether oxygens (including phenoxy) is 1. The van der Waals surface area contributed by atoms with Crippen LogP contribution in [0, 0.1) is 17.5 Å². The maximum Gasteiger partial charge on any atom is 0.311 e. The van der Waals surface area contributed by atoms with Gasteiger partial charge < -0.3 is 9.84 Å². The Morgan fingerprint density at radius 1 is 1.18 bits per heavy atom. The largest absolute Gasteiger partial charge is 0.487 e. The van der Waals surface area contributed by atoms with Crippen molar-refractivity contribution in [2.45, 2.75) is 57.5 Å². The highest BCUT2D eigenvalue weighted by Gasteiger charge is 2.28. The Labute approximate surface area is 162 Å². The van der Waals surface area contributed by atoms with Crippen molar-refractivity contribution in [1.29, 1.82) is 0 Å². The highest BCUT2D eigenvalue weighted by atomic mass is 19.1. The zero-order chi connectivity index (χ0) is 20.3. The van der Waals surface area contributed by atoms with Crippen LogP contribution in [-0.2, 0) is 4.79 Å². The van der Waals surface area contributed by atoms with Gasteiger partial charge in [-0.3, -0.25) is 4.79 Å². The van der Waals surface area contributed by atoms with Gasteiger partial charge in [-0.1, -0.05) is 31.9 Å². The van der Waals surface area contributed by atoms with Crippen LogP contribution in [0.1, 0.15) is 56.9 Å². The second kappa shape index (κ2) is 8.67. The van der Waals surface area contributed by atoms with Crippen molar-refractivity contribution in [3.05, 3.63) is 53.3 Å². The number of carbonyl (C=O) groups is 1. The van der Waals surface area contributed by atoms with Crippen molar-refractivity contribution in [1.82, 2.24) is 0 Å². The Morgan fingerprint density at radius 3 is 2.39 bits per heavy atom. The monoisotopic (exact) mass is 392 g/mol. The summed E-state index contributed by atoms with van der Waals surface area (Å²) >= 11 is 0. The maximum absolute atomic E-state index is 14.8. The molecular weight excluding hydrogens is 369 g/mol. The lowest BCUT2D eigenvalue weighted by atomic mass is 9.90. The first kappa shape index (κ1) is 20.2.